The van der Waals surface area contributed by atoms with Crippen LogP contribution in [0.1, 0.15) is 45.2 Å². The summed E-state index contributed by atoms with van der Waals surface area (Å²) in [4.78, 5) is 13.8. The molecular weight excluding hydrogens is 352 g/mol. The number of nitrogens with zero attached hydrogens (tertiary/aromatic N) is 1. The van der Waals surface area contributed by atoms with E-state index in [1.165, 1.54) is 0 Å². The molecule has 0 bridgehead atoms. The second-order valence-corrected chi connectivity index (χ2v) is 7.49. The molecule has 1 aliphatic rings. The fraction of sp³-hybridized carbons (Fsp3) is 0.611. The first-order valence-electron chi connectivity index (χ1n) is 8.47. The van der Waals surface area contributed by atoms with Crippen LogP contribution in [-0.4, -0.2) is 35.2 Å². The maximum atomic E-state index is 13.2. The summed E-state index contributed by atoms with van der Waals surface area (Å²) in [6.45, 7) is 7.54. The molecular formula is C18H24F4N2O2. The number of likely N-dealkylation sites (tertiary alicyclic amines) is 1. The van der Waals surface area contributed by atoms with Crippen LogP contribution in [0.15, 0.2) is 18.2 Å². The number of carbonyl (C=O) groups excluding carboxylic acids is 1. The Kier molecular flexibility index (Phi) is 5.85. The number of alkyl halides is 3. The quantitative estimate of drug-likeness (QED) is 0.799. The van der Waals surface area contributed by atoms with Crippen molar-refractivity contribution in [2.24, 2.45) is 0 Å². The van der Waals surface area contributed by atoms with Gasteiger partial charge in [-0.05, 0) is 51.8 Å². The Morgan fingerprint density at radius 2 is 1.96 bits per heavy atom. The second kappa shape index (κ2) is 7.42. The maximum Gasteiger partial charge on any atom is 0.416 e. The van der Waals surface area contributed by atoms with Crippen molar-refractivity contribution in [3.8, 4) is 0 Å². The highest BCUT2D eigenvalue weighted by Crippen LogP contribution is 2.33. The molecule has 1 amide bonds. The van der Waals surface area contributed by atoms with Gasteiger partial charge in [0.15, 0.2) is 0 Å². The van der Waals surface area contributed by atoms with E-state index in [0.29, 0.717) is 19.0 Å². The minimum absolute atomic E-state index is 0.0261. The Bertz CT molecular complexity index is 656. The maximum absolute atomic E-state index is 13.2. The number of carbonyl (C=O) groups is 1. The van der Waals surface area contributed by atoms with E-state index in [1.54, 1.807) is 25.7 Å². The monoisotopic (exact) mass is 376 g/mol. The first-order valence-corrected chi connectivity index (χ1v) is 8.47. The number of ether oxygens (including phenoxy) is 1. The van der Waals surface area contributed by atoms with E-state index in [-0.39, 0.29) is 24.2 Å². The average molecular weight is 376 g/mol. The molecule has 1 aliphatic heterocycles. The van der Waals surface area contributed by atoms with Gasteiger partial charge < -0.3 is 15.0 Å². The highest BCUT2D eigenvalue weighted by atomic mass is 19.4. The zero-order chi connectivity index (χ0) is 19.7. The van der Waals surface area contributed by atoms with Crippen LogP contribution in [0.25, 0.3) is 0 Å². The number of hydrogen-bond acceptors (Lipinski definition) is 3. The van der Waals surface area contributed by atoms with Crippen molar-refractivity contribution in [2.45, 2.75) is 64.5 Å². The number of rotatable bonds is 3. The third-order valence-corrected chi connectivity index (χ3v) is 4.31. The first kappa shape index (κ1) is 20.5. The normalized spacial score (nSPS) is 21.2. The summed E-state index contributed by atoms with van der Waals surface area (Å²) in [5.41, 5.74) is -1.63. The summed E-state index contributed by atoms with van der Waals surface area (Å²) in [6, 6.07) is 2.25. The lowest BCUT2D eigenvalue weighted by Gasteiger charge is -2.28. The molecule has 1 saturated heterocycles. The number of amides is 1. The number of benzene rings is 1. The second-order valence-electron chi connectivity index (χ2n) is 7.49. The highest BCUT2D eigenvalue weighted by Gasteiger charge is 2.37. The van der Waals surface area contributed by atoms with E-state index in [2.05, 4.69) is 5.32 Å². The van der Waals surface area contributed by atoms with Crippen LogP contribution in [0.3, 0.4) is 0 Å². The van der Waals surface area contributed by atoms with E-state index in [9.17, 15) is 22.4 Å². The molecule has 26 heavy (non-hydrogen) atoms. The summed E-state index contributed by atoms with van der Waals surface area (Å²) < 4.78 is 57.7. The summed E-state index contributed by atoms with van der Waals surface area (Å²) in [6.07, 6.45) is -4.46. The number of hydrogen-bond donors (Lipinski definition) is 1. The molecule has 1 N–H and O–H groups in total. The van der Waals surface area contributed by atoms with Crippen molar-refractivity contribution in [3.63, 3.8) is 0 Å². The Morgan fingerprint density at radius 1 is 1.31 bits per heavy atom. The minimum atomic E-state index is -4.62. The summed E-state index contributed by atoms with van der Waals surface area (Å²) in [7, 11) is 0. The van der Waals surface area contributed by atoms with Gasteiger partial charge in [0.1, 0.15) is 11.4 Å². The molecule has 0 spiro atoms. The largest absolute Gasteiger partial charge is 0.444 e. The molecule has 2 rings (SSSR count). The zero-order valence-corrected chi connectivity index (χ0v) is 15.3. The highest BCUT2D eigenvalue weighted by molar-refractivity contribution is 5.69. The third-order valence-electron chi connectivity index (χ3n) is 4.31. The lowest BCUT2D eigenvalue weighted by molar-refractivity contribution is -0.138. The Morgan fingerprint density at radius 3 is 2.54 bits per heavy atom. The van der Waals surface area contributed by atoms with Gasteiger partial charge in [-0.3, -0.25) is 0 Å². The Balaban J connectivity index is 2.02. The van der Waals surface area contributed by atoms with Gasteiger partial charge in [0, 0.05) is 25.2 Å². The molecule has 2 atom stereocenters. The van der Waals surface area contributed by atoms with Crippen molar-refractivity contribution in [1.29, 1.82) is 0 Å². The van der Waals surface area contributed by atoms with Crippen LogP contribution in [0.2, 0.25) is 0 Å². The predicted molar refractivity (Wildman–Crippen MR) is 89.0 cm³/mol. The standard InChI is InChI=1S/C18H24F4N2O2/c1-11-15(7-8-24(11)16(25)26-17(2,3)4)23-10-12-5-6-13(19)9-14(12)18(20,21)22/h5-6,9,11,15,23H,7-8,10H2,1-4H3. The Labute approximate surface area is 150 Å². The fourth-order valence-corrected chi connectivity index (χ4v) is 3.00. The molecule has 0 saturated carbocycles. The van der Waals surface area contributed by atoms with Crippen molar-refractivity contribution >= 4 is 6.09 Å². The fourth-order valence-electron chi connectivity index (χ4n) is 3.00. The Hall–Kier alpha value is -1.83. The van der Waals surface area contributed by atoms with Crippen molar-refractivity contribution < 1.29 is 27.1 Å². The van der Waals surface area contributed by atoms with Gasteiger partial charge in [0.25, 0.3) is 0 Å². The van der Waals surface area contributed by atoms with Crippen LogP contribution >= 0.6 is 0 Å². The third kappa shape index (κ3) is 5.09. The van der Waals surface area contributed by atoms with Crippen LogP contribution in [0.5, 0.6) is 0 Å². The molecule has 1 aromatic rings. The van der Waals surface area contributed by atoms with Gasteiger partial charge in [-0.2, -0.15) is 13.2 Å². The van der Waals surface area contributed by atoms with Gasteiger partial charge in [0.2, 0.25) is 0 Å². The molecule has 4 nitrogen and oxygen atoms in total. The average Bonchev–Trinajstić information content (AvgIpc) is 2.84. The lowest BCUT2D eigenvalue weighted by atomic mass is 10.1. The van der Waals surface area contributed by atoms with Crippen LogP contribution in [0, 0.1) is 5.82 Å². The first-order chi connectivity index (χ1) is 11.9. The zero-order valence-electron chi connectivity index (χ0n) is 15.3. The molecule has 1 fully saturated rings. The van der Waals surface area contributed by atoms with Gasteiger partial charge in [-0.15, -0.1) is 0 Å². The predicted octanol–water partition coefficient (Wildman–Crippen LogP) is 4.33. The van der Waals surface area contributed by atoms with E-state index in [4.69, 9.17) is 4.74 Å². The summed E-state index contributed by atoms with van der Waals surface area (Å²) in [5, 5.41) is 3.06. The van der Waals surface area contributed by atoms with Crippen molar-refractivity contribution in [2.75, 3.05) is 6.54 Å². The van der Waals surface area contributed by atoms with Crippen molar-refractivity contribution in [1.82, 2.24) is 10.2 Å². The number of halogens is 4. The topological polar surface area (TPSA) is 41.6 Å². The molecule has 0 radical (unpaired) electrons. The van der Waals surface area contributed by atoms with Crippen LogP contribution in [0.4, 0.5) is 22.4 Å². The van der Waals surface area contributed by atoms with E-state index in [0.717, 1.165) is 12.1 Å². The van der Waals surface area contributed by atoms with Crippen LogP contribution < -0.4 is 5.32 Å². The van der Waals surface area contributed by atoms with E-state index >= 15 is 0 Å². The SMILES string of the molecule is CC1C(NCc2ccc(F)cc2C(F)(F)F)CCN1C(=O)OC(C)(C)C. The smallest absolute Gasteiger partial charge is 0.416 e. The molecule has 0 aromatic heterocycles. The summed E-state index contributed by atoms with van der Waals surface area (Å²) in [5.74, 6) is -0.925. The molecule has 8 heteroatoms. The van der Waals surface area contributed by atoms with Gasteiger partial charge >= 0.3 is 12.3 Å². The van der Waals surface area contributed by atoms with E-state index < -0.39 is 29.3 Å². The van der Waals surface area contributed by atoms with Crippen molar-refractivity contribution in [3.05, 3.63) is 35.1 Å². The van der Waals surface area contributed by atoms with Gasteiger partial charge in [-0.25, -0.2) is 9.18 Å². The van der Waals surface area contributed by atoms with Gasteiger partial charge in [0.05, 0.1) is 5.56 Å². The molecule has 0 aliphatic carbocycles. The van der Waals surface area contributed by atoms with Crippen LogP contribution in [-0.2, 0) is 17.5 Å². The molecule has 2 unspecified atom stereocenters. The minimum Gasteiger partial charge on any atom is -0.444 e. The van der Waals surface area contributed by atoms with E-state index in [1.807, 2.05) is 6.92 Å². The molecule has 1 heterocycles. The lowest BCUT2D eigenvalue weighted by Crippen LogP contribution is -2.44. The number of nitrogens with one attached hydrogen (secondary N) is 1. The molecule has 146 valence electrons. The molecule has 1 aromatic carbocycles. The van der Waals surface area contributed by atoms with Gasteiger partial charge in [-0.1, -0.05) is 6.07 Å². The summed E-state index contributed by atoms with van der Waals surface area (Å²) >= 11 is 0.